The van der Waals surface area contributed by atoms with Crippen LogP contribution < -0.4 is 9.47 Å². The standard InChI is InChI=1S/C28H30BrNO6/c1-16-23(27(33)36-11-10-35-18-8-6-5-7-9-18)24(17-12-19(29)26(32)22(13-17)34-4)25-20(30-16)14-28(2,3)15-21(25)31/h5-9,12-13,23-24,32H,10-11,14-15H2,1-4H3/t23?,24-/m0/s1. The molecule has 1 aliphatic heterocycles. The third kappa shape index (κ3) is 5.33. The summed E-state index contributed by atoms with van der Waals surface area (Å²) in [5.74, 6) is -1.05. The molecule has 0 amide bonds. The van der Waals surface area contributed by atoms with E-state index in [4.69, 9.17) is 19.2 Å². The summed E-state index contributed by atoms with van der Waals surface area (Å²) >= 11 is 3.38. The van der Waals surface area contributed by atoms with E-state index >= 15 is 0 Å². The number of phenolic OH excluding ortho intramolecular Hbond substituents is 1. The van der Waals surface area contributed by atoms with Gasteiger partial charge in [0.25, 0.3) is 0 Å². The zero-order chi connectivity index (χ0) is 26.0. The molecule has 1 N–H and O–H groups in total. The molecule has 2 atom stereocenters. The van der Waals surface area contributed by atoms with Gasteiger partial charge in [-0.1, -0.05) is 32.0 Å². The van der Waals surface area contributed by atoms with Gasteiger partial charge in [0.15, 0.2) is 17.3 Å². The maximum absolute atomic E-state index is 13.4. The Labute approximate surface area is 219 Å². The number of hydrogen-bond acceptors (Lipinski definition) is 7. The molecule has 36 heavy (non-hydrogen) atoms. The van der Waals surface area contributed by atoms with Gasteiger partial charge < -0.3 is 19.3 Å². The van der Waals surface area contributed by atoms with E-state index in [0.29, 0.717) is 45.6 Å². The maximum Gasteiger partial charge on any atom is 0.315 e. The number of aliphatic imine (C=N–C) groups is 1. The topological polar surface area (TPSA) is 94.4 Å². The van der Waals surface area contributed by atoms with Gasteiger partial charge in [0.05, 0.1) is 11.6 Å². The van der Waals surface area contributed by atoms with Crippen molar-refractivity contribution >= 4 is 33.4 Å². The van der Waals surface area contributed by atoms with Gasteiger partial charge in [-0.15, -0.1) is 0 Å². The molecule has 0 radical (unpaired) electrons. The van der Waals surface area contributed by atoms with Crippen molar-refractivity contribution in [3.63, 3.8) is 0 Å². The van der Waals surface area contributed by atoms with Crippen molar-refractivity contribution in [1.82, 2.24) is 0 Å². The minimum atomic E-state index is -0.799. The van der Waals surface area contributed by atoms with Gasteiger partial charge in [-0.05, 0) is 64.5 Å². The molecular weight excluding hydrogens is 526 g/mol. The van der Waals surface area contributed by atoms with Crippen LogP contribution >= 0.6 is 15.9 Å². The molecule has 8 heteroatoms. The number of aromatic hydroxyl groups is 1. The van der Waals surface area contributed by atoms with Crippen molar-refractivity contribution < 1.29 is 28.9 Å². The first-order chi connectivity index (χ1) is 17.1. The molecule has 4 rings (SSSR count). The molecule has 2 aromatic carbocycles. The average molecular weight is 556 g/mol. The number of methoxy groups -OCH3 is 1. The third-order valence-corrected chi connectivity index (χ3v) is 7.13. The highest BCUT2D eigenvalue weighted by atomic mass is 79.9. The zero-order valence-electron chi connectivity index (χ0n) is 20.8. The van der Waals surface area contributed by atoms with Crippen molar-refractivity contribution in [3.05, 3.63) is 63.8 Å². The second-order valence-electron chi connectivity index (χ2n) is 9.89. The molecule has 1 heterocycles. The van der Waals surface area contributed by atoms with Crippen LogP contribution in [0.5, 0.6) is 17.2 Å². The van der Waals surface area contributed by atoms with Crippen LogP contribution in [-0.4, -0.2) is 42.9 Å². The number of allylic oxidation sites excluding steroid dienone is 2. The summed E-state index contributed by atoms with van der Waals surface area (Å²) in [6, 6.07) is 12.7. The Bertz CT molecular complexity index is 1230. The average Bonchev–Trinajstić information content (AvgIpc) is 2.82. The first-order valence-corrected chi connectivity index (χ1v) is 12.6. The molecule has 2 aromatic rings. The van der Waals surface area contributed by atoms with Crippen LogP contribution in [-0.2, 0) is 14.3 Å². The fraction of sp³-hybridized carbons (Fsp3) is 0.393. The predicted octanol–water partition coefficient (Wildman–Crippen LogP) is 5.60. The highest BCUT2D eigenvalue weighted by molar-refractivity contribution is 9.10. The number of ether oxygens (including phenoxy) is 3. The number of halogens is 1. The lowest BCUT2D eigenvalue weighted by Crippen LogP contribution is -2.39. The molecule has 0 saturated carbocycles. The fourth-order valence-electron chi connectivity index (χ4n) is 4.95. The van der Waals surface area contributed by atoms with Crippen molar-refractivity contribution in [2.24, 2.45) is 16.3 Å². The van der Waals surface area contributed by atoms with Crippen molar-refractivity contribution in [2.75, 3.05) is 20.3 Å². The minimum absolute atomic E-state index is 0.0316. The number of para-hydroxylation sites is 1. The number of rotatable bonds is 7. The minimum Gasteiger partial charge on any atom is -0.503 e. The predicted molar refractivity (Wildman–Crippen MR) is 140 cm³/mol. The van der Waals surface area contributed by atoms with Crippen LogP contribution in [0.15, 0.2) is 63.2 Å². The summed E-state index contributed by atoms with van der Waals surface area (Å²) in [7, 11) is 1.45. The highest BCUT2D eigenvalue weighted by Crippen LogP contribution is 2.49. The lowest BCUT2D eigenvalue weighted by atomic mass is 9.67. The highest BCUT2D eigenvalue weighted by Gasteiger charge is 2.46. The summed E-state index contributed by atoms with van der Waals surface area (Å²) < 4.78 is 17.0. The first kappa shape index (κ1) is 25.9. The molecule has 0 bridgehead atoms. The number of Topliss-reactive ketones (excluding diaryl/α,β-unsaturated/α-hetero) is 1. The molecule has 0 spiro atoms. The van der Waals surface area contributed by atoms with Crippen LogP contribution in [0.4, 0.5) is 0 Å². The second-order valence-corrected chi connectivity index (χ2v) is 10.7. The summed E-state index contributed by atoms with van der Waals surface area (Å²) in [5, 5.41) is 10.4. The van der Waals surface area contributed by atoms with E-state index in [1.807, 2.05) is 44.2 Å². The number of ketones is 1. The molecule has 190 valence electrons. The number of phenols is 1. The van der Waals surface area contributed by atoms with E-state index in [1.165, 1.54) is 7.11 Å². The molecule has 0 fully saturated rings. The number of carbonyl (C=O) groups excluding carboxylic acids is 2. The van der Waals surface area contributed by atoms with E-state index in [9.17, 15) is 14.7 Å². The quantitative estimate of drug-likeness (QED) is 0.352. The Kier molecular flexibility index (Phi) is 7.54. The Morgan fingerprint density at radius 3 is 2.58 bits per heavy atom. The van der Waals surface area contributed by atoms with Gasteiger partial charge in [0.1, 0.15) is 24.9 Å². The third-order valence-electron chi connectivity index (χ3n) is 6.53. The van der Waals surface area contributed by atoms with E-state index in [-0.39, 0.29) is 35.9 Å². The maximum atomic E-state index is 13.4. The normalized spacial score (nSPS) is 20.9. The number of carbonyl (C=O) groups is 2. The van der Waals surface area contributed by atoms with Crippen LogP contribution in [0.3, 0.4) is 0 Å². The smallest absolute Gasteiger partial charge is 0.315 e. The summed E-state index contributed by atoms with van der Waals surface area (Å²) in [6.07, 6.45) is 0.991. The Hall–Kier alpha value is -3.13. The van der Waals surface area contributed by atoms with Crippen LogP contribution in [0.1, 0.15) is 45.1 Å². The number of benzene rings is 2. The molecule has 1 aliphatic carbocycles. The van der Waals surface area contributed by atoms with E-state index in [1.54, 1.807) is 19.1 Å². The largest absolute Gasteiger partial charge is 0.503 e. The lowest BCUT2D eigenvalue weighted by Gasteiger charge is -2.39. The molecule has 2 aliphatic rings. The Morgan fingerprint density at radius 1 is 1.17 bits per heavy atom. The van der Waals surface area contributed by atoms with Gasteiger partial charge in [-0.25, -0.2) is 0 Å². The molecule has 0 aromatic heterocycles. The van der Waals surface area contributed by atoms with E-state index in [2.05, 4.69) is 15.9 Å². The van der Waals surface area contributed by atoms with Crippen molar-refractivity contribution in [1.29, 1.82) is 0 Å². The second kappa shape index (κ2) is 10.5. The van der Waals surface area contributed by atoms with Gasteiger partial charge in [0, 0.05) is 29.3 Å². The van der Waals surface area contributed by atoms with Gasteiger partial charge in [-0.3, -0.25) is 14.6 Å². The summed E-state index contributed by atoms with van der Waals surface area (Å²) in [4.78, 5) is 31.6. The Balaban J connectivity index is 1.67. The van der Waals surface area contributed by atoms with Gasteiger partial charge in [0.2, 0.25) is 0 Å². The van der Waals surface area contributed by atoms with Gasteiger partial charge >= 0.3 is 5.97 Å². The SMILES string of the molecule is COc1cc([C@@H]2C3=C(CC(C)(C)CC3=O)N=C(C)C2C(=O)OCCOc2ccccc2)cc(Br)c1O. The van der Waals surface area contributed by atoms with E-state index in [0.717, 1.165) is 0 Å². The van der Waals surface area contributed by atoms with Crippen molar-refractivity contribution in [3.8, 4) is 17.2 Å². The Morgan fingerprint density at radius 2 is 1.89 bits per heavy atom. The number of nitrogens with zero attached hydrogens (tertiary/aromatic N) is 1. The van der Waals surface area contributed by atoms with Gasteiger partial charge in [-0.2, -0.15) is 0 Å². The molecule has 1 unspecified atom stereocenters. The van der Waals surface area contributed by atoms with Crippen LogP contribution in [0.25, 0.3) is 0 Å². The summed E-state index contributed by atoms with van der Waals surface area (Å²) in [6.45, 7) is 6.13. The lowest BCUT2D eigenvalue weighted by molar-refractivity contribution is -0.147. The number of hydrogen-bond donors (Lipinski definition) is 1. The fourth-order valence-corrected chi connectivity index (χ4v) is 5.41. The molecular formula is C28H30BrNO6. The van der Waals surface area contributed by atoms with Crippen LogP contribution in [0.2, 0.25) is 0 Å². The molecule has 7 nitrogen and oxygen atoms in total. The van der Waals surface area contributed by atoms with E-state index < -0.39 is 17.8 Å². The molecule has 0 saturated heterocycles. The van der Waals surface area contributed by atoms with Crippen LogP contribution in [0, 0.1) is 11.3 Å². The van der Waals surface area contributed by atoms with Crippen molar-refractivity contribution in [2.45, 2.75) is 39.5 Å². The number of esters is 1. The first-order valence-electron chi connectivity index (χ1n) is 11.8. The zero-order valence-corrected chi connectivity index (χ0v) is 22.4. The summed E-state index contributed by atoms with van der Waals surface area (Å²) in [5.41, 5.74) is 2.26. The monoisotopic (exact) mass is 555 g/mol.